The van der Waals surface area contributed by atoms with Gasteiger partial charge >= 0.3 is 11.9 Å². The number of nitro benzene ring substituents is 1. The lowest BCUT2D eigenvalue weighted by Gasteiger charge is -2.25. The molecule has 1 saturated heterocycles. The Kier molecular flexibility index (Phi) is 7.44. The fourth-order valence-corrected chi connectivity index (χ4v) is 3.04. The summed E-state index contributed by atoms with van der Waals surface area (Å²) in [5.41, 5.74) is 0.188. The Hall–Kier alpha value is -3.01. The summed E-state index contributed by atoms with van der Waals surface area (Å²) >= 11 is 0. The smallest absolute Gasteiger partial charge is 0.326 e. The lowest BCUT2D eigenvalue weighted by molar-refractivity contribution is -0.384. The van der Waals surface area contributed by atoms with Gasteiger partial charge in [-0.2, -0.15) is 0 Å². The predicted octanol–water partition coefficient (Wildman–Crippen LogP) is 1.38. The fourth-order valence-electron chi connectivity index (χ4n) is 3.04. The fraction of sp³-hybridized carbons (Fsp3) is 0.500. The molecule has 152 valence electrons. The Morgan fingerprint density at radius 3 is 2.54 bits per heavy atom. The van der Waals surface area contributed by atoms with E-state index in [1.54, 1.807) is 6.92 Å². The average molecular weight is 394 g/mol. The van der Waals surface area contributed by atoms with Crippen LogP contribution in [0, 0.1) is 10.1 Å². The number of hydrogen-bond acceptors (Lipinski definition) is 7. The Morgan fingerprint density at radius 1 is 1.36 bits per heavy atom. The van der Waals surface area contributed by atoms with Gasteiger partial charge in [-0.05, 0) is 25.3 Å². The van der Waals surface area contributed by atoms with E-state index in [0.717, 1.165) is 0 Å². The maximum Gasteiger partial charge on any atom is 0.326 e. The van der Waals surface area contributed by atoms with E-state index in [0.29, 0.717) is 25.0 Å². The first-order chi connectivity index (χ1) is 13.3. The van der Waals surface area contributed by atoms with Crippen LogP contribution in [0.5, 0.6) is 0 Å². The number of carbonyl (C=O) groups is 3. The van der Waals surface area contributed by atoms with Gasteiger partial charge in [0.2, 0.25) is 5.91 Å². The SMILES string of the molecule is CCOC(=O)C[C@H](c1ccc([N+](=O)[O-])cc1)[C@@H](NC(=O)[C@@H]1CCCO1)C(=O)O. The number of amides is 1. The van der Waals surface area contributed by atoms with Gasteiger partial charge in [-0.25, -0.2) is 4.79 Å². The minimum atomic E-state index is -1.43. The van der Waals surface area contributed by atoms with Gasteiger partial charge in [-0.3, -0.25) is 19.7 Å². The van der Waals surface area contributed by atoms with Crippen molar-refractivity contribution in [2.45, 2.75) is 44.2 Å². The molecule has 0 aliphatic carbocycles. The Morgan fingerprint density at radius 2 is 2.04 bits per heavy atom. The summed E-state index contributed by atoms with van der Waals surface area (Å²) in [5, 5.41) is 22.9. The Balaban J connectivity index is 2.29. The molecule has 1 aliphatic heterocycles. The third kappa shape index (κ3) is 5.49. The van der Waals surface area contributed by atoms with Crippen LogP contribution < -0.4 is 5.32 Å². The second-order valence-electron chi connectivity index (χ2n) is 6.29. The zero-order valence-electron chi connectivity index (χ0n) is 15.3. The quantitative estimate of drug-likeness (QED) is 0.363. The summed E-state index contributed by atoms with van der Waals surface area (Å²) in [7, 11) is 0. The molecular weight excluding hydrogens is 372 g/mol. The van der Waals surface area contributed by atoms with E-state index in [4.69, 9.17) is 9.47 Å². The molecule has 0 bridgehead atoms. The Bertz CT molecular complexity index is 728. The molecule has 10 heteroatoms. The van der Waals surface area contributed by atoms with Crippen LogP contribution in [0.4, 0.5) is 5.69 Å². The maximum absolute atomic E-state index is 12.3. The third-order valence-corrected chi connectivity index (χ3v) is 4.41. The van der Waals surface area contributed by atoms with Crippen molar-refractivity contribution in [2.24, 2.45) is 0 Å². The van der Waals surface area contributed by atoms with Crippen LogP contribution in [0.1, 0.15) is 37.7 Å². The largest absolute Gasteiger partial charge is 0.480 e. The van der Waals surface area contributed by atoms with Gasteiger partial charge in [-0.1, -0.05) is 12.1 Å². The molecule has 0 spiro atoms. The van der Waals surface area contributed by atoms with E-state index in [-0.39, 0.29) is 18.7 Å². The molecule has 3 atom stereocenters. The standard InChI is InChI=1S/C18H22N2O8/c1-2-27-15(21)10-13(11-5-7-12(8-6-11)20(25)26)16(18(23)24)19-17(22)14-4-3-9-28-14/h5-8,13-14,16H,2-4,9-10H2,1H3,(H,19,22)(H,23,24)/t13-,14+,16-/m1/s1. The van der Waals surface area contributed by atoms with Crippen LogP contribution >= 0.6 is 0 Å². The summed E-state index contributed by atoms with van der Waals surface area (Å²) in [6.07, 6.45) is 0.138. The lowest BCUT2D eigenvalue weighted by atomic mass is 9.88. The average Bonchev–Trinajstić information content (AvgIpc) is 3.19. The minimum absolute atomic E-state index is 0.117. The number of esters is 1. The van der Waals surface area contributed by atoms with Crippen LogP contribution in [0.25, 0.3) is 0 Å². The van der Waals surface area contributed by atoms with Gasteiger partial charge in [0.1, 0.15) is 12.1 Å². The minimum Gasteiger partial charge on any atom is -0.480 e. The molecule has 1 amide bonds. The number of nitrogens with zero attached hydrogens (tertiary/aromatic N) is 1. The number of nitro groups is 1. The number of carboxylic acid groups (broad SMARTS) is 1. The van der Waals surface area contributed by atoms with Crippen molar-refractivity contribution in [3.8, 4) is 0 Å². The molecule has 0 saturated carbocycles. The highest BCUT2D eigenvalue weighted by atomic mass is 16.6. The van der Waals surface area contributed by atoms with Crippen LogP contribution in [0.2, 0.25) is 0 Å². The lowest BCUT2D eigenvalue weighted by Crippen LogP contribution is -2.49. The number of aliphatic carboxylic acids is 1. The van der Waals surface area contributed by atoms with E-state index in [9.17, 15) is 29.6 Å². The molecule has 0 radical (unpaired) electrons. The highest BCUT2D eigenvalue weighted by Crippen LogP contribution is 2.27. The summed E-state index contributed by atoms with van der Waals surface area (Å²) < 4.78 is 10.2. The molecular formula is C18H22N2O8. The van der Waals surface area contributed by atoms with Crippen LogP contribution in [-0.2, 0) is 23.9 Å². The topological polar surface area (TPSA) is 145 Å². The van der Waals surface area contributed by atoms with Gasteiger partial charge in [0.25, 0.3) is 5.69 Å². The van der Waals surface area contributed by atoms with E-state index in [1.807, 2.05) is 0 Å². The molecule has 1 aromatic rings. The van der Waals surface area contributed by atoms with Crippen LogP contribution in [0.15, 0.2) is 24.3 Å². The second kappa shape index (κ2) is 9.79. The summed E-state index contributed by atoms with van der Waals surface area (Å²) in [6, 6.07) is 3.75. The number of carbonyl (C=O) groups excluding carboxylic acids is 2. The van der Waals surface area contributed by atoms with Crippen molar-refractivity contribution in [3.05, 3.63) is 39.9 Å². The molecule has 2 rings (SSSR count). The predicted molar refractivity (Wildman–Crippen MR) is 95.6 cm³/mol. The van der Waals surface area contributed by atoms with E-state index in [2.05, 4.69) is 5.32 Å². The second-order valence-corrected chi connectivity index (χ2v) is 6.29. The number of benzene rings is 1. The molecule has 28 heavy (non-hydrogen) atoms. The molecule has 0 unspecified atom stereocenters. The molecule has 1 fully saturated rings. The van der Waals surface area contributed by atoms with Crippen molar-refractivity contribution < 1.29 is 33.9 Å². The van der Waals surface area contributed by atoms with Gasteiger partial charge in [-0.15, -0.1) is 0 Å². The maximum atomic E-state index is 12.3. The Labute approximate surface area is 161 Å². The summed E-state index contributed by atoms with van der Waals surface area (Å²) in [6.45, 7) is 2.16. The number of rotatable bonds is 9. The van der Waals surface area contributed by atoms with Crippen LogP contribution in [-0.4, -0.2) is 53.2 Å². The number of ether oxygens (including phenoxy) is 2. The molecule has 2 N–H and O–H groups in total. The van der Waals surface area contributed by atoms with Crippen LogP contribution in [0.3, 0.4) is 0 Å². The van der Waals surface area contributed by atoms with Gasteiger partial charge in [0.05, 0.1) is 18.0 Å². The first kappa shape index (κ1) is 21.3. The van der Waals surface area contributed by atoms with E-state index >= 15 is 0 Å². The molecule has 1 heterocycles. The van der Waals surface area contributed by atoms with E-state index < -0.39 is 40.8 Å². The van der Waals surface area contributed by atoms with Gasteiger partial charge < -0.3 is 19.9 Å². The number of carboxylic acids is 1. The molecule has 1 aliphatic rings. The highest BCUT2D eigenvalue weighted by Gasteiger charge is 2.36. The van der Waals surface area contributed by atoms with Crippen molar-refractivity contribution >= 4 is 23.5 Å². The van der Waals surface area contributed by atoms with Gasteiger partial charge in [0, 0.05) is 24.7 Å². The third-order valence-electron chi connectivity index (χ3n) is 4.41. The van der Waals surface area contributed by atoms with Gasteiger partial charge in [0.15, 0.2) is 0 Å². The zero-order chi connectivity index (χ0) is 20.7. The molecule has 10 nitrogen and oxygen atoms in total. The van der Waals surface area contributed by atoms with E-state index in [1.165, 1.54) is 24.3 Å². The van der Waals surface area contributed by atoms with Crippen molar-refractivity contribution in [1.29, 1.82) is 0 Å². The number of hydrogen-bond donors (Lipinski definition) is 2. The zero-order valence-corrected chi connectivity index (χ0v) is 15.3. The number of nitrogens with one attached hydrogen (secondary N) is 1. The molecule has 1 aromatic carbocycles. The number of non-ortho nitro benzene ring substituents is 1. The summed E-state index contributed by atoms with van der Waals surface area (Å²) in [4.78, 5) is 46.5. The monoisotopic (exact) mass is 394 g/mol. The highest BCUT2D eigenvalue weighted by molar-refractivity contribution is 5.87. The van der Waals surface area contributed by atoms with Crippen molar-refractivity contribution in [3.63, 3.8) is 0 Å². The summed E-state index contributed by atoms with van der Waals surface area (Å²) in [5.74, 6) is -3.51. The first-order valence-electron chi connectivity index (χ1n) is 8.88. The first-order valence-corrected chi connectivity index (χ1v) is 8.88. The molecule has 0 aromatic heterocycles. The van der Waals surface area contributed by atoms with Crippen molar-refractivity contribution in [1.82, 2.24) is 5.32 Å². The normalized spacial score (nSPS) is 18.1. The van der Waals surface area contributed by atoms with Crippen molar-refractivity contribution in [2.75, 3.05) is 13.2 Å².